The largest absolute Gasteiger partial charge is 0.391 e. The molecule has 0 aromatic carbocycles. The van der Waals surface area contributed by atoms with Crippen molar-refractivity contribution in [3.8, 4) is 0 Å². The fraction of sp³-hybridized carbons (Fsp3) is 1.00. The molecule has 1 saturated heterocycles. The topological polar surface area (TPSA) is 26.7 Å². The predicted molar refractivity (Wildman–Crippen MR) is 66.5 cm³/mol. The molecule has 3 heteroatoms. The van der Waals surface area contributed by atoms with Gasteiger partial charge < -0.3 is 10.0 Å². The van der Waals surface area contributed by atoms with Crippen molar-refractivity contribution in [2.24, 2.45) is 0 Å². The second-order valence-electron chi connectivity index (χ2n) is 5.64. The van der Waals surface area contributed by atoms with Gasteiger partial charge in [-0.3, -0.25) is 4.90 Å². The van der Waals surface area contributed by atoms with Gasteiger partial charge in [-0.05, 0) is 46.3 Å². The first kappa shape index (κ1) is 12.3. The second-order valence-corrected chi connectivity index (χ2v) is 5.64. The molecule has 1 unspecified atom stereocenters. The van der Waals surface area contributed by atoms with Crippen molar-refractivity contribution in [1.82, 2.24) is 9.80 Å². The lowest BCUT2D eigenvalue weighted by Gasteiger charge is -2.37. The van der Waals surface area contributed by atoms with E-state index in [1.165, 1.54) is 38.6 Å². The number of likely N-dealkylation sites (N-methyl/N-ethyl adjacent to an activating group) is 2. The Bertz CT molecular complexity index is 222. The van der Waals surface area contributed by atoms with Crippen molar-refractivity contribution in [2.75, 3.05) is 27.2 Å². The van der Waals surface area contributed by atoms with Crippen LogP contribution in [0.3, 0.4) is 0 Å². The molecule has 3 atom stereocenters. The minimum Gasteiger partial charge on any atom is -0.391 e. The third-order valence-corrected chi connectivity index (χ3v) is 4.43. The summed E-state index contributed by atoms with van der Waals surface area (Å²) in [7, 11) is 4.41. The van der Waals surface area contributed by atoms with E-state index in [9.17, 15) is 5.11 Å². The number of nitrogens with zero attached hydrogens (tertiary/aromatic N) is 2. The van der Waals surface area contributed by atoms with Crippen LogP contribution in [0.25, 0.3) is 0 Å². The van der Waals surface area contributed by atoms with Gasteiger partial charge in [0, 0.05) is 18.6 Å². The van der Waals surface area contributed by atoms with Crippen LogP contribution in [0.1, 0.15) is 38.5 Å². The molecular formula is C13H26N2O. The molecule has 2 rings (SSSR count). The van der Waals surface area contributed by atoms with Crippen LogP contribution in [0.2, 0.25) is 0 Å². The zero-order chi connectivity index (χ0) is 11.5. The molecule has 1 aliphatic heterocycles. The third kappa shape index (κ3) is 2.76. The molecule has 0 bridgehead atoms. The normalized spacial score (nSPS) is 37.1. The van der Waals surface area contributed by atoms with Crippen molar-refractivity contribution in [3.63, 3.8) is 0 Å². The number of hydrogen-bond donors (Lipinski definition) is 1. The van der Waals surface area contributed by atoms with E-state index >= 15 is 0 Å². The van der Waals surface area contributed by atoms with Gasteiger partial charge in [0.1, 0.15) is 0 Å². The van der Waals surface area contributed by atoms with E-state index in [4.69, 9.17) is 0 Å². The number of aliphatic hydroxyl groups is 1. The highest BCUT2D eigenvalue weighted by atomic mass is 16.3. The van der Waals surface area contributed by atoms with Crippen LogP contribution in [0.15, 0.2) is 0 Å². The zero-order valence-corrected chi connectivity index (χ0v) is 10.7. The zero-order valence-electron chi connectivity index (χ0n) is 10.7. The fourth-order valence-electron chi connectivity index (χ4n) is 3.28. The Hall–Kier alpha value is -0.120. The first-order valence-electron chi connectivity index (χ1n) is 6.77. The quantitative estimate of drug-likeness (QED) is 0.786. The summed E-state index contributed by atoms with van der Waals surface area (Å²) in [6, 6.07) is 1.11. The molecule has 0 amide bonds. The van der Waals surface area contributed by atoms with E-state index in [1.807, 2.05) is 0 Å². The van der Waals surface area contributed by atoms with Crippen molar-refractivity contribution < 1.29 is 5.11 Å². The maximum atomic E-state index is 10.0. The maximum Gasteiger partial charge on any atom is 0.0695 e. The Morgan fingerprint density at radius 3 is 2.56 bits per heavy atom. The van der Waals surface area contributed by atoms with Crippen molar-refractivity contribution in [1.29, 1.82) is 0 Å². The Labute approximate surface area is 99.4 Å². The lowest BCUT2D eigenvalue weighted by Crippen LogP contribution is -2.47. The summed E-state index contributed by atoms with van der Waals surface area (Å²) in [6.07, 6.45) is 7.22. The maximum absolute atomic E-state index is 10.0. The Morgan fingerprint density at radius 1 is 1.19 bits per heavy atom. The molecular weight excluding hydrogens is 200 g/mol. The minimum absolute atomic E-state index is 0.0922. The molecule has 0 aromatic rings. The lowest BCUT2D eigenvalue weighted by molar-refractivity contribution is 0.0238. The van der Waals surface area contributed by atoms with Crippen molar-refractivity contribution in [2.45, 2.75) is 56.7 Å². The van der Waals surface area contributed by atoms with Crippen molar-refractivity contribution >= 4 is 0 Å². The van der Waals surface area contributed by atoms with Gasteiger partial charge in [0.2, 0.25) is 0 Å². The van der Waals surface area contributed by atoms with Gasteiger partial charge in [0.05, 0.1) is 6.10 Å². The first-order valence-corrected chi connectivity index (χ1v) is 6.77. The highest BCUT2D eigenvalue weighted by molar-refractivity contribution is 4.86. The molecule has 0 spiro atoms. The average molecular weight is 226 g/mol. The van der Waals surface area contributed by atoms with E-state index in [2.05, 4.69) is 23.9 Å². The van der Waals surface area contributed by atoms with Gasteiger partial charge in [-0.2, -0.15) is 0 Å². The van der Waals surface area contributed by atoms with E-state index in [-0.39, 0.29) is 6.10 Å². The summed E-state index contributed by atoms with van der Waals surface area (Å²) in [5, 5.41) is 10.0. The fourth-order valence-corrected chi connectivity index (χ4v) is 3.28. The SMILES string of the molecule is CN1CCCC1CN(C)[C@@H]1CCCC[C@H]1O. The van der Waals surface area contributed by atoms with Crippen LogP contribution in [0.5, 0.6) is 0 Å². The predicted octanol–water partition coefficient (Wildman–Crippen LogP) is 1.32. The summed E-state index contributed by atoms with van der Waals surface area (Å²) in [5.74, 6) is 0. The molecule has 2 fully saturated rings. The monoisotopic (exact) mass is 226 g/mol. The number of hydrogen-bond acceptors (Lipinski definition) is 3. The van der Waals surface area contributed by atoms with Crippen LogP contribution in [0.4, 0.5) is 0 Å². The van der Waals surface area contributed by atoms with E-state index in [1.54, 1.807) is 0 Å². The van der Waals surface area contributed by atoms with Crippen LogP contribution >= 0.6 is 0 Å². The van der Waals surface area contributed by atoms with Gasteiger partial charge in [-0.1, -0.05) is 12.8 Å². The molecule has 1 heterocycles. The van der Waals surface area contributed by atoms with Gasteiger partial charge in [-0.15, -0.1) is 0 Å². The molecule has 3 nitrogen and oxygen atoms in total. The minimum atomic E-state index is -0.0922. The Morgan fingerprint density at radius 2 is 1.94 bits per heavy atom. The molecule has 0 aromatic heterocycles. The first-order chi connectivity index (χ1) is 7.68. The molecule has 1 saturated carbocycles. The average Bonchev–Trinajstić information content (AvgIpc) is 2.65. The van der Waals surface area contributed by atoms with E-state index < -0.39 is 0 Å². The number of rotatable bonds is 3. The van der Waals surface area contributed by atoms with Crippen LogP contribution in [-0.2, 0) is 0 Å². The van der Waals surface area contributed by atoms with Crippen LogP contribution < -0.4 is 0 Å². The molecule has 1 N–H and O–H groups in total. The Balaban J connectivity index is 1.84. The van der Waals surface area contributed by atoms with E-state index in [0.29, 0.717) is 12.1 Å². The number of likely N-dealkylation sites (tertiary alicyclic amines) is 1. The summed E-state index contributed by atoms with van der Waals surface area (Å²) in [5.41, 5.74) is 0. The molecule has 2 aliphatic rings. The highest BCUT2D eigenvalue weighted by Crippen LogP contribution is 2.24. The molecule has 0 radical (unpaired) electrons. The summed E-state index contributed by atoms with van der Waals surface area (Å²) < 4.78 is 0. The van der Waals surface area contributed by atoms with Crippen LogP contribution in [0, 0.1) is 0 Å². The van der Waals surface area contributed by atoms with Gasteiger partial charge >= 0.3 is 0 Å². The molecule has 94 valence electrons. The Kier molecular flexibility index (Phi) is 4.22. The smallest absolute Gasteiger partial charge is 0.0695 e. The summed E-state index contributed by atoms with van der Waals surface area (Å²) in [6.45, 7) is 2.37. The number of aliphatic hydroxyl groups excluding tert-OH is 1. The summed E-state index contributed by atoms with van der Waals surface area (Å²) >= 11 is 0. The standard InChI is InChI=1S/C13H26N2O/c1-14-9-5-6-11(14)10-15(2)12-7-3-4-8-13(12)16/h11-13,16H,3-10H2,1-2H3/t11?,12-,13-/m1/s1. The van der Waals surface area contributed by atoms with Crippen LogP contribution in [-0.4, -0.2) is 60.3 Å². The molecule has 16 heavy (non-hydrogen) atoms. The third-order valence-electron chi connectivity index (χ3n) is 4.43. The lowest BCUT2D eigenvalue weighted by atomic mass is 9.91. The second kappa shape index (κ2) is 5.48. The highest BCUT2D eigenvalue weighted by Gasteiger charge is 2.29. The molecule has 1 aliphatic carbocycles. The van der Waals surface area contributed by atoms with E-state index in [0.717, 1.165) is 13.0 Å². The summed E-state index contributed by atoms with van der Waals surface area (Å²) in [4.78, 5) is 4.86. The van der Waals surface area contributed by atoms with Gasteiger partial charge in [0.15, 0.2) is 0 Å². The van der Waals surface area contributed by atoms with Gasteiger partial charge in [-0.25, -0.2) is 0 Å². The van der Waals surface area contributed by atoms with Gasteiger partial charge in [0.25, 0.3) is 0 Å². The van der Waals surface area contributed by atoms with Crippen molar-refractivity contribution in [3.05, 3.63) is 0 Å².